The fourth-order valence-electron chi connectivity index (χ4n) is 1.85. The Balaban J connectivity index is 2.19. The Morgan fingerprint density at radius 2 is 2.47 bits per heavy atom. The lowest BCUT2D eigenvalue weighted by molar-refractivity contribution is 0.699. The van der Waals surface area contributed by atoms with Crippen molar-refractivity contribution in [1.29, 1.82) is 0 Å². The van der Waals surface area contributed by atoms with Crippen LogP contribution in [-0.4, -0.2) is 36.1 Å². The van der Waals surface area contributed by atoms with E-state index in [1.807, 2.05) is 25.0 Å². The molecule has 1 atom stereocenters. The average Bonchev–Trinajstić information content (AvgIpc) is 2.30. The SMILES string of the molecule is CNc1cc(N2CCSCC2C)ccn1. The second-order valence-electron chi connectivity index (χ2n) is 3.77. The van der Waals surface area contributed by atoms with Gasteiger partial charge in [-0.2, -0.15) is 11.8 Å². The van der Waals surface area contributed by atoms with E-state index in [0.717, 1.165) is 12.4 Å². The molecule has 2 heterocycles. The Morgan fingerprint density at radius 3 is 3.20 bits per heavy atom. The van der Waals surface area contributed by atoms with Gasteiger partial charge < -0.3 is 10.2 Å². The zero-order chi connectivity index (χ0) is 10.7. The van der Waals surface area contributed by atoms with Crippen molar-refractivity contribution in [3.8, 4) is 0 Å². The minimum atomic E-state index is 0.621. The molecule has 3 nitrogen and oxygen atoms in total. The lowest BCUT2D eigenvalue weighted by atomic mass is 10.2. The fourth-order valence-corrected chi connectivity index (χ4v) is 2.86. The summed E-state index contributed by atoms with van der Waals surface area (Å²) in [5.41, 5.74) is 1.28. The third-order valence-electron chi connectivity index (χ3n) is 2.70. The van der Waals surface area contributed by atoms with Crippen LogP contribution in [0.3, 0.4) is 0 Å². The first kappa shape index (κ1) is 10.6. The molecule has 0 amide bonds. The van der Waals surface area contributed by atoms with Gasteiger partial charge in [0.05, 0.1) is 0 Å². The molecule has 1 aliphatic rings. The Bertz CT molecular complexity index is 329. The molecule has 1 aromatic rings. The number of hydrogen-bond donors (Lipinski definition) is 1. The van der Waals surface area contributed by atoms with Crippen LogP contribution in [0.4, 0.5) is 11.5 Å². The van der Waals surface area contributed by atoms with Gasteiger partial charge in [-0.15, -0.1) is 0 Å². The van der Waals surface area contributed by atoms with Crippen molar-refractivity contribution in [3.05, 3.63) is 18.3 Å². The molecule has 1 N–H and O–H groups in total. The number of nitrogens with zero attached hydrogens (tertiary/aromatic N) is 2. The molecule has 1 aromatic heterocycles. The molecule has 1 fully saturated rings. The number of hydrogen-bond acceptors (Lipinski definition) is 4. The Kier molecular flexibility index (Phi) is 3.36. The number of anilines is 2. The van der Waals surface area contributed by atoms with Crippen LogP contribution in [0.5, 0.6) is 0 Å². The van der Waals surface area contributed by atoms with Gasteiger partial charge in [-0.25, -0.2) is 4.98 Å². The predicted octanol–water partition coefficient (Wildman–Crippen LogP) is 2.06. The maximum Gasteiger partial charge on any atom is 0.127 e. The normalized spacial score (nSPS) is 21.5. The van der Waals surface area contributed by atoms with Gasteiger partial charge in [0.25, 0.3) is 0 Å². The standard InChI is InChI=1S/C11H17N3S/c1-9-8-15-6-5-14(9)10-3-4-13-11(7-10)12-2/h3-4,7,9H,5-6,8H2,1-2H3,(H,12,13). The van der Waals surface area contributed by atoms with Crippen molar-refractivity contribution >= 4 is 23.3 Å². The summed E-state index contributed by atoms with van der Waals surface area (Å²) in [6.45, 7) is 3.42. The highest BCUT2D eigenvalue weighted by atomic mass is 32.2. The molecule has 82 valence electrons. The van der Waals surface area contributed by atoms with Crippen LogP contribution >= 0.6 is 11.8 Å². The molecule has 0 aliphatic carbocycles. The Labute approximate surface area is 95.3 Å². The topological polar surface area (TPSA) is 28.2 Å². The first-order valence-corrected chi connectivity index (χ1v) is 6.45. The van der Waals surface area contributed by atoms with E-state index < -0.39 is 0 Å². The van der Waals surface area contributed by atoms with E-state index in [9.17, 15) is 0 Å². The van der Waals surface area contributed by atoms with E-state index in [4.69, 9.17) is 0 Å². The Morgan fingerprint density at radius 1 is 1.60 bits per heavy atom. The van der Waals surface area contributed by atoms with Crippen LogP contribution < -0.4 is 10.2 Å². The molecule has 1 aliphatic heterocycles. The summed E-state index contributed by atoms with van der Waals surface area (Å²) in [5.74, 6) is 3.39. The molecule has 4 heteroatoms. The minimum Gasteiger partial charge on any atom is -0.373 e. The van der Waals surface area contributed by atoms with Gasteiger partial charge in [-0.05, 0) is 13.0 Å². The summed E-state index contributed by atoms with van der Waals surface area (Å²) in [6, 6.07) is 4.83. The maximum atomic E-state index is 4.23. The molecule has 0 saturated carbocycles. The highest BCUT2D eigenvalue weighted by Crippen LogP contribution is 2.24. The van der Waals surface area contributed by atoms with Crippen LogP contribution in [-0.2, 0) is 0 Å². The van der Waals surface area contributed by atoms with Gasteiger partial charge in [0.2, 0.25) is 0 Å². The molecular weight excluding hydrogens is 206 g/mol. The summed E-state index contributed by atoms with van der Waals surface area (Å²) in [4.78, 5) is 6.69. The number of aromatic nitrogens is 1. The lowest BCUT2D eigenvalue weighted by Gasteiger charge is -2.35. The van der Waals surface area contributed by atoms with E-state index >= 15 is 0 Å². The van der Waals surface area contributed by atoms with Gasteiger partial charge in [0.15, 0.2) is 0 Å². The molecule has 0 bridgehead atoms. The number of pyridine rings is 1. The van der Waals surface area contributed by atoms with Crippen molar-refractivity contribution in [1.82, 2.24) is 4.98 Å². The van der Waals surface area contributed by atoms with Gasteiger partial charge in [-0.3, -0.25) is 0 Å². The highest BCUT2D eigenvalue weighted by molar-refractivity contribution is 7.99. The first-order valence-electron chi connectivity index (χ1n) is 5.29. The minimum absolute atomic E-state index is 0.621. The van der Waals surface area contributed by atoms with Crippen LogP contribution in [0, 0.1) is 0 Å². The van der Waals surface area contributed by atoms with Crippen LogP contribution in [0.15, 0.2) is 18.3 Å². The van der Waals surface area contributed by atoms with E-state index in [1.165, 1.54) is 17.2 Å². The highest BCUT2D eigenvalue weighted by Gasteiger charge is 2.18. The van der Waals surface area contributed by atoms with E-state index in [0.29, 0.717) is 6.04 Å². The van der Waals surface area contributed by atoms with Gasteiger partial charge in [0.1, 0.15) is 5.82 Å². The third-order valence-corrected chi connectivity index (χ3v) is 3.89. The van der Waals surface area contributed by atoms with E-state index in [1.54, 1.807) is 0 Å². The number of nitrogens with one attached hydrogen (secondary N) is 1. The van der Waals surface area contributed by atoms with E-state index in [2.05, 4.69) is 34.3 Å². The molecule has 2 rings (SSSR count). The second-order valence-corrected chi connectivity index (χ2v) is 4.92. The fraction of sp³-hybridized carbons (Fsp3) is 0.545. The first-order chi connectivity index (χ1) is 7.31. The molecule has 0 aromatic carbocycles. The zero-order valence-electron chi connectivity index (χ0n) is 9.23. The van der Waals surface area contributed by atoms with Gasteiger partial charge >= 0.3 is 0 Å². The van der Waals surface area contributed by atoms with E-state index in [-0.39, 0.29) is 0 Å². The summed E-state index contributed by atoms with van der Waals surface area (Å²) in [5, 5.41) is 3.08. The quantitative estimate of drug-likeness (QED) is 0.831. The second kappa shape index (κ2) is 4.75. The predicted molar refractivity (Wildman–Crippen MR) is 67.9 cm³/mol. The molecule has 0 radical (unpaired) electrons. The monoisotopic (exact) mass is 223 g/mol. The maximum absolute atomic E-state index is 4.23. The van der Waals surface area contributed by atoms with Gasteiger partial charge in [-0.1, -0.05) is 0 Å². The summed E-state index contributed by atoms with van der Waals surface area (Å²) in [7, 11) is 1.90. The molecular formula is C11H17N3S. The van der Waals surface area contributed by atoms with Crippen molar-refractivity contribution in [3.63, 3.8) is 0 Å². The summed E-state index contributed by atoms with van der Waals surface area (Å²) >= 11 is 2.04. The summed E-state index contributed by atoms with van der Waals surface area (Å²) < 4.78 is 0. The summed E-state index contributed by atoms with van der Waals surface area (Å²) in [6.07, 6.45) is 1.87. The van der Waals surface area contributed by atoms with Crippen LogP contribution in [0.1, 0.15) is 6.92 Å². The number of rotatable bonds is 2. The molecule has 1 unspecified atom stereocenters. The van der Waals surface area contributed by atoms with Gasteiger partial charge in [0, 0.05) is 49.1 Å². The third kappa shape index (κ3) is 2.37. The zero-order valence-corrected chi connectivity index (χ0v) is 10.0. The average molecular weight is 223 g/mol. The molecule has 1 saturated heterocycles. The Hall–Kier alpha value is -0.900. The molecule has 0 spiro atoms. The lowest BCUT2D eigenvalue weighted by Crippen LogP contribution is -2.40. The van der Waals surface area contributed by atoms with Crippen LogP contribution in [0.25, 0.3) is 0 Å². The van der Waals surface area contributed by atoms with Crippen LogP contribution in [0.2, 0.25) is 0 Å². The number of thioether (sulfide) groups is 1. The molecule has 15 heavy (non-hydrogen) atoms. The van der Waals surface area contributed by atoms with Crippen molar-refractivity contribution in [2.45, 2.75) is 13.0 Å². The largest absolute Gasteiger partial charge is 0.373 e. The van der Waals surface area contributed by atoms with Crippen molar-refractivity contribution in [2.24, 2.45) is 0 Å². The van der Waals surface area contributed by atoms with Crippen molar-refractivity contribution < 1.29 is 0 Å². The van der Waals surface area contributed by atoms with Crippen molar-refractivity contribution in [2.75, 3.05) is 35.3 Å². The smallest absolute Gasteiger partial charge is 0.127 e.